The summed E-state index contributed by atoms with van der Waals surface area (Å²) >= 11 is 0. The van der Waals surface area contributed by atoms with Crippen LogP contribution in [-0.2, 0) is 4.79 Å². The number of nitrogens with zero attached hydrogens (tertiary/aromatic N) is 2. The molecular weight excluding hydrogens is 252 g/mol. The van der Waals surface area contributed by atoms with Crippen molar-refractivity contribution >= 4 is 17.4 Å². The van der Waals surface area contributed by atoms with Gasteiger partial charge in [-0.25, -0.2) is 4.98 Å². The van der Waals surface area contributed by atoms with Crippen LogP contribution in [0.5, 0.6) is 0 Å². The van der Waals surface area contributed by atoms with Crippen molar-refractivity contribution in [2.75, 3.05) is 36.4 Å². The molecule has 0 radical (unpaired) electrons. The summed E-state index contributed by atoms with van der Waals surface area (Å²) < 4.78 is 0. The van der Waals surface area contributed by atoms with Crippen LogP contribution in [0.3, 0.4) is 0 Å². The van der Waals surface area contributed by atoms with Gasteiger partial charge in [-0.05, 0) is 31.4 Å². The number of hydrogen-bond donors (Lipinski definition) is 2. The van der Waals surface area contributed by atoms with Gasteiger partial charge in [0.1, 0.15) is 5.82 Å². The Morgan fingerprint density at radius 1 is 1.35 bits per heavy atom. The number of aromatic nitrogens is 1. The van der Waals surface area contributed by atoms with E-state index in [1.807, 2.05) is 12.1 Å². The molecule has 1 aliphatic heterocycles. The number of carbonyl (C=O) groups excluding carboxylic acids is 1. The number of carbonyl (C=O) groups is 1. The first kappa shape index (κ1) is 14.5. The average Bonchev–Trinajstić information content (AvgIpc) is 2.49. The Morgan fingerprint density at radius 2 is 2.15 bits per heavy atom. The molecule has 5 heteroatoms. The van der Waals surface area contributed by atoms with Gasteiger partial charge in [0.25, 0.3) is 0 Å². The molecule has 5 nitrogen and oxygen atoms in total. The number of rotatable bonds is 6. The molecule has 1 aromatic heterocycles. The Morgan fingerprint density at radius 3 is 2.80 bits per heavy atom. The van der Waals surface area contributed by atoms with E-state index in [-0.39, 0.29) is 12.5 Å². The van der Waals surface area contributed by atoms with Crippen LogP contribution >= 0.6 is 0 Å². The molecule has 0 atom stereocenters. The highest BCUT2D eigenvalue weighted by molar-refractivity contribution is 5.92. The van der Waals surface area contributed by atoms with Crippen LogP contribution < -0.4 is 15.5 Å². The van der Waals surface area contributed by atoms with Gasteiger partial charge in [0, 0.05) is 19.6 Å². The van der Waals surface area contributed by atoms with Crippen molar-refractivity contribution in [2.45, 2.75) is 19.3 Å². The van der Waals surface area contributed by atoms with E-state index in [2.05, 4.69) is 27.1 Å². The second-order valence-corrected chi connectivity index (χ2v) is 4.92. The fourth-order valence-corrected chi connectivity index (χ4v) is 2.26. The highest BCUT2D eigenvalue weighted by Gasteiger charge is 2.11. The molecule has 108 valence electrons. The summed E-state index contributed by atoms with van der Waals surface area (Å²) in [5, 5.41) is 5.77. The number of amides is 1. The van der Waals surface area contributed by atoms with E-state index in [4.69, 9.17) is 0 Å². The SMILES string of the molecule is C=CCNCC(=O)Nc1ccc(N2CCCCC2)nc1. The van der Waals surface area contributed by atoms with Gasteiger partial charge >= 0.3 is 0 Å². The van der Waals surface area contributed by atoms with E-state index in [1.165, 1.54) is 19.3 Å². The third-order valence-corrected chi connectivity index (χ3v) is 3.29. The lowest BCUT2D eigenvalue weighted by atomic mass is 10.1. The molecule has 20 heavy (non-hydrogen) atoms. The number of nitrogens with one attached hydrogen (secondary N) is 2. The van der Waals surface area contributed by atoms with Crippen LogP contribution in [0.2, 0.25) is 0 Å². The van der Waals surface area contributed by atoms with Crippen LogP contribution in [0.25, 0.3) is 0 Å². The highest BCUT2D eigenvalue weighted by atomic mass is 16.1. The Bertz CT molecular complexity index is 438. The van der Waals surface area contributed by atoms with Gasteiger partial charge in [0.05, 0.1) is 18.4 Å². The van der Waals surface area contributed by atoms with Crippen LogP contribution in [0, 0.1) is 0 Å². The van der Waals surface area contributed by atoms with Gasteiger partial charge in [-0.3, -0.25) is 4.79 Å². The molecule has 1 aromatic rings. The first-order valence-corrected chi connectivity index (χ1v) is 7.12. The molecule has 0 spiro atoms. The van der Waals surface area contributed by atoms with Gasteiger partial charge in [0.15, 0.2) is 0 Å². The standard InChI is InChI=1S/C15H22N4O/c1-2-8-16-12-15(20)18-13-6-7-14(17-11-13)19-9-4-3-5-10-19/h2,6-7,11,16H,1,3-5,8-10,12H2,(H,18,20). The van der Waals surface area contributed by atoms with E-state index >= 15 is 0 Å². The lowest BCUT2D eigenvalue weighted by Crippen LogP contribution is -2.30. The van der Waals surface area contributed by atoms with E-state index in [9.17, 15) is 4.79 Å². The zero-order valence-corrected chi connectivity index (χ0v) is 11.8. The van der Waals surface area contributed by atoms with Gasteiger partial charge in [-0.15, -0.1) is 6.58 Å². The van der Waals surface area contributed by atoms with E-state index in [0.29, 0.717) is 6.54 Å². The Hall–Kier alpha value is -1.88. The maximum atomic E-state index is 11.6. The molecule has 2 rings (SSSR count). The molecule has 0 aliphatic carbocycles. The summed E-state index contributed by atoms with van der Waals surface area (Å²) in [6.07, 6.45) is 7.21. The average molecular weight is 274 g/mol. The number of anilines is 2. The van der Waals surface area contributed by atoms with Crippen LogP contribution in [0.1, 0.15) is 19.3 Å². The Labute approximate surface area is 120 Å². The summed E-state index contributed by atoms with van der Waals surface area (Å²) in [5.74, 6) is 0.923. The summed E-state index contributed by atoms with van der Waals surface area (Å²) in [7, 11) is 0. The fraction of sp³-hybridized carbons (Fsp3) is 0.467. The quantitative estimate of drug-likeness (QED) is 0.613. The topological polar surface area (TPSA) is 57.3 Å². The van der Waals surface area contributed by atoms with Gasteiger partial charge < -0.3 is 15.5 Å². The monoisotopic (exact) mass is 274 g/mol. The summed E-state index contributed by atoms with van der Waals surface area (Å²) in [6, 6.07) is 3.88. The van der Waals surface area contributed by atoms with Crippen molar-refractivity contribution in [2.24, 2.45) is 0 Å². The molecule has 0 unspecified atom stereocenters. The zero-order valence-electron chi connectivity index (χ0n) is 11.8. The Balaban J connectivity index is 1.84. The summed E-state index contributed by atoms with van der Waals surface area (Å²) in [4.78, 5) is 18.3. The number of pyridine rings is 1. The third kappa shape index (κ3) is 4.35. The van der Waals surface area contributed by atoms with Crippen molar-refractivity contribution in [1.29, 1.82) is 0 Å². The molecule has 2 heterocycles. The molecule has 0 aromatic carbocycles. The van der Waals surface area contributed by atoms with Crippen molar-refractivity contribution in [1.82, 2.24) is 10.3 Å². The predicted molar refractivity (Wildman–Crippen MR) is 82.0 cm³/mol. The minimum absolute atomic E-state index is 0.0700. The van der Waals surface area contributed by atoms with Crippen LogP contribution in [0.4, 0.5) is 11.5 Å². The maximum Gasteiger partial charge on any atom is 0.238 e. The van der Waals surface area contributed by atoms with Crippen molar-refractivity contribution in [3.63, 3.8) is 0 Å². The normalized spacial score (nSPS) is 14.9. The van der Waals surface area contributed by atoms with Crippen molar-refractivity contribution in [3.05, 3.63) is 31.0 Å². The van der Waals surface area contributed by atoms with E-state index in [0.717, 1.165) is 24.6 Å². The van der Waals surface area contributed by atoms with Gasteiger partial charge in [-0.2, -0.15) is 0 Å². The third-order valence-electron chi connectivity index (χ3n) is 3.29. The lowest BCUT2D eigenvalue weighted by Gasteiger charge is -2.27. The maximum absolute atomic E-state index is 11.6. The summed E-state index contributed by atoms with van der Waals surface area (Å²) in [6.45, 7) is 6.64. The zero-order chi connectivity index (χ0) is 14.2. The lowest BCUT2D eigenvalue weighted by molar-refractivity contribution is -0.115. The minimum atomic E-state index is -0.0700. The molecule has 0 saturated carbocycles. The molecule has 1 saturated heterocycles. The van der Waals surface area contributed by atoms with Gasteiger partial charge in [-0.1, -0.05) is 6.08 Å². The number of piperidine rings is 1. The molecule has 0 bridgehead atoms. The van der Waals surface area contributed by atoms with E-state index in [1.54, 1.807) is 12.3 Å². The first-order chi connectivity index (χ1) is 9.79. The largest absolute Gasteiger partial charge is 0.357 e. The molecular formula is C15H22N4O. The smallest absolute Gasteiger partial charge is 0.238 e. The molecule has 1 amide bonds. The minimum Gasteiger partial charge on any atom is -0.357 e. The van der Waals surface area contributed by atoms with Crippen molar-refractivity contribution < 1.29 is 4.79 Å². The Kier molecular flexibility index (Phi) is 5.55. The van der Waals surface area contributed by atoms with Gasteiger partial charge in [0.2, 0.25) is 5.91 Å². The molecule has 1 aliphatic rings. The van der Waals surface area contributed by atoms with Crippen LogP contribution in [-0.4, -0.2) is 37.1 Å². The molecule has 1 fully saturated rings. The highest BCUT2D eigenvalue weighted by Crippen LogP contribution is 2.18. The second-order valence-electron chi connectivity index (χ2n) is 4.92. The van der Waals surface area contributed by atoms with Crippen LogP contribution in [0.15, 0.2) is 31.0 Å². The number of hydrogen-bond acceptors (Lipinski definition) is 4. The van der Waals surface area contributed by atoms with Crippen molar-refractivity contribution in [3.8, 4) is 0 Å². The fourth-order valence-electron chi connectivity index (χ4n) is 2.26. The second kappa shape index (κ2) is 7.65. The predicted octanol–water partition coefficient (Wildman–Crippen LogP) is 1.79. The summed E-state index contributed by atoms with van der Waals surface area (Å²) in [5.41, 5.74) is 0.733. The van der Waals surface area contributed by atoms with E-state index < -0.39 is 0 Å². The first-order valence-electron chi connectivity index (χ1n) is 7.12. The molecule has 2 N–H and O–H groups in total.